The van der Waals surface area contributed by atoms with Crippen molar-refractivity contribution < 1.29 is 4.74 Å². The van der Waals surface area contributed by atoms with E-state index in [0.29, 0.717) is 12.4 Å². The molecule has 0 saturated heterocycles. The van der Waals surface area contributed by atoms with Gasteiger partial charge in [0.1, 0.15) is 12.4 Å². The summed E-state index contributed by atoms with van der Waals surface area (Å²) in [6.07, 6.45) is 1.81. The van der Waals surface area contributed by atoms with Gasteiger partial charge in [0.25, 0.3) is 0 Å². The second kappa shape index (κ2) is 7.85. The number of ether oxygens (including phenoxy) is 1. The van der Waals surface area contributed by atoms with Crippen molar-refractivity contribution in [2.24, 2.45) is 0 Å². The predicted octanol–water partition coefficient (Wildman–Crippen LogP) is 3.84. The van der Waals surface area contributed by atoms with Gasteiger partial charge in [0.2, 0.25) is 0 Å². The maximum absolute atomic E-state index is 5.16. The second-order valence-electron chi connectivity index (χ2n) is 5.99. The summed E-state index contributed by atoms with van der Waals surface area (Å²) in [5.41, 5.74) is 4.19. The number of methoxy groups -OCH3 is 1. The number of hydrogen-bond acceptors (Lipinski definition) is 5. The van der Waals surface area contributed by atoms with Crippen LogP contribution in [0.5, 0.6) is 0 Å². The molecular weight excluding hydrogens is 312 g/mol. The number of hydrogen-bond donors (Lipinski definition) is 1. The van der Waals surface area contributed by atoms with Crippen molar-refractivity contribution in [1.29, 1.82) is 0 Å². The molecule has 0 fully saturated rings. The molecule has 1 atom stereocenters. The van der Waals surface area contributed by atoms with Crippen molar-refractivity contribution in [2.75, 3.05) is 12.4 Å². The third-order valence-corrected chi connectivity index (χ3v) is 3.83. The SMILES string of the molecule is COCc1nc(C)cc(NC(c2cccc(C)c2)c2ccccn2)n1. The Bertz CT molecular complexity index is 836. The molecular formula is C20H22N4O. The number of aryl methyl sites for hydroxylation is 2. The van der Waals surface area contributed by atoms with Crippen LogP contribution in [-0.4, -0.2) is 22.1 Å². The third kappa shape index (κ3) is 4.39. The van der Waals surface area contributed by atoms with Crippen molar-refractivity contribution >= 4 is 5.82 Å². The third-order valence-electron chi connectivity index (χ3n) is 3.83. The molecule has 3 aromatic rings. The summed E-state index contributed by atoms with van der Waals surface area (Å²) in [4.78, 5) is 13.5. The fourth-order valence-corrected chi connectivity index (χ4v) is 2.77. The second-order valence-corrected chi connectivity index (χ2v) is 5.99. The van der Waals surface area contributed by atoms with E-state index in [0.717, 1.165) is 22.8 Å². The van der Waals surface area contributed by atoms with Crippen LogP contribution >= 0.6 is 0 Å². The van der Waals surface area contributed by atoms with Gasteiger partial charge in [-0.15, -0.1) is 0 Å². The summed E-state index contributed by atoms with van der Waals surface area (Å²) in [6.45, 7) is 4.42. The molecule has 0 amide bonds. The Morgan fingerprint density at radius 2 is 1.92 bits per heavy atom. The first-order valence-electron chi connectivity index (χ1n) is 8.23. The van der Waals surface area contributed by atoms with Crippen LogP contribution in [0, 0.1) is 13.8 Å². The lowest BCUT2D eigenvalue weighted by atomic mass is 10.0. The molecule has 0 saturated carbocycles. The summed E-state index contributed by atoms with van der Waals surface area (Å²) >= 11 is 0. The number of nitrogens with one attached hydrogen (secondary N) is 1. The van der Waals surface area contributed by atoms with Crippen LogP contribution in [0.15, 0.2) is 54.7 Å². The van der Waals surface area contributed by atoms with Crippen molar-refractivity contribution in [3.8, 4) is 0 Å². The van der Waals surface area contributed by atoms with Crippen LogP contribution in [0.2, 0.25) is 0 Å². The molecule has 0 aliphatic heterocycles. The summed E-state index contributed by atoms with van der Waals surface area (Å²) in [6, 6.07) is 16.2. The molecule has 0 bridgehead atoms. The van der Waals surface area contributed by atoms with Crippen molar-refractivity contribution in [3.05, 3.63) is 83.1 Å². The Balaban J connectivity index is 1.98. The van der Waals surface area contributed by atoms with Gasteiger partial charge in [0.05, 0.1) is 11.7 Å². The topological polar surface area (TPSA) is 59.9 Å². The quantitative estimate of drug-likeness (QED) is 0.742. The van der Waals surface area contributed by atoms with Crippen LogP contribution < -0.4 is 5.32 Å². The van der Waals surface area contributed by atoms with Gasteiger partial charge < -0.3 is 10.1 Å². The molecule has 5 nitrogen and oxygen atoms in total. The fourth-order valence-electron chi connectivity index (χ4n) is 2.77. The Labute approximate surface area is 148 Å². The Hall–Kier alpha value is -2.79. The Morgan fingerprint density at radius 1 is 1.04 bits per heavy atom. The molecule has 3 rings (SSSR count). The highest BCUT2D eigenvalue weighted by molar-refractivity contribution is 5.44. The summed E-state index contributed by atoms with van der Waals surface area (Å²) in [5, 5.41) is 3.51. The Morgan fingerprint density at radius 3 is 2.64 bits per heavy atom. The maximum Gasteiger partial charge on any atom is 0.156 e. The zero-order valence-electron chi connectivity index (χ0n) is 14.7. The van der Waals surface area contributed by atoms with E-state index < -0.39 is 0 Å². The van der Waals surface area contributed by atoms with Gasteiger partial charge in [0.15, 0.2) is 5.82 Å². The first-order valence-corrected chi connectivity index (χ1v) is 8.23. The van der Waals surface area contributed by atoms with Crippen molar-refractivity contribution in [1.82, 2.24) is 15.0 Å². The molecule has 0 aliphatic rings. The van der Waals surface area contributed by atoms with Crippen molar-refractivity contribution in [3.63, 3.8) is 0 Å². The Kier molecular flexibility index (Phi) is 5.36. The number of nitrogens with zero attached hydrogens (tertiary/aromatic N) is 3. The average molecular weight is 334 g/mol. The summed E-state index contributed by atoms with van der Waals surface area (Å²) in [5.74, 6) is 1.42. The van der Waals surface area contributed by atoms with Crippen LogP contribution in [0.3, 0.4) is 0 Å². The minimum absolute atomic E-state index is 0.0919. The predicted molar refractivity (Wildman–Crippen MR) is 98.4 cm³/mol. The van der Waals surface area contributed by atoms with Gasteiger partial charge in [-0.2, -0.15) is 0 Å². The molecule has 0 radical (unpaired) electrons. The van der Waals surface area contributed by atoms with E-state index >= 15 is 0 Å². The highest BCUT2D eigenvalue weighted by Crippen LogP contribution is 2.25. The number of benzene rings is 1. The van der Waals surface area contributed by atoms with Crippen LogP contribution in [0.1, 0.15) is 34.4 Å². The van der Waals surface area contributed by atoms with Crippen LogP contribution in [-0.2, 0) is 11.3 Å². The normalized spacial score (nSPS) is 12.0. The van der Waals surface area contributed by atoms with Gasteiger partial charge in [-0.25, -0.2) is 9.97 Å². The van der Waals surface area contributed by atoms with E-state index in [1.54, 1.807) is 13.3 Å². The highest BCUT2D eigenvalue weighted by Gasteiger charge is 2.16. The maximum atomic E-state index is 5.16. The first-order chi connectivity index (χ1) is 12.2. The molecule has 0 aliphatic carbocycles. The van der Waals surface area contributed by atoms with Crippen LogP contribution in [0.4, 0.5) is 5.82 Å². The first kappa shape index (κ1) is 17.0. The monoisotopic (exact) mass is 334 g/mol. The van der Waals surface area contributed by atoms with E-state index in [-0.39, 0.29) is 6.04 Å². The lowest BCUT2D eigenvalue weighted by Crippen LogP contribution is -2.16. The van der Waals surface area contributed by atoms with Crippen LogP contribution in [0.25, 0.3) is 0 Å². The molecule has 128 valence electrons. The van der Waals surface area contributed by atoms with Gasteiger partial charge >= 0.3 is 0 Å². The molecule has 25 heavy (non-hydrogen) atoms. The number of anilines is 1. The van der Waals surface area contributed by atoms with Gasteiger partial charge in [-0.3, -0.25) is 4.98 Å². The van der Waals surface area contributed by atoms with Gasteiger partial charge in [0, 0.05) is 25.1 Å². The summed E-state index contributed by atoms with van der Waals surface area (Å²) in [7, 11) is 1.64. The van der Waals surface area contributed by atoms with E-state index in [4.69, 9.17) is 4.74 Å². The average Bonchev–Trinajstić information content (AvgIpc) is 2.60. The molecule has 1 aromatic carbocycles. The minimum Gasteiger partial charge on any atom is -0.377 e. The zero-order chi connectivity index (χ0) is 17.6. The molecule has 1 unspecified atom stereocenters. The summed E-state index contributed by atoms with van der Waals surface area (Å²) < 4.78 is 5.16. The van der Waals surface area contributed by atoms with E-state index in [2.05, 4.69) is 51.5 Å². The molecule has 5 heteroatoms. The molecule has 2 aromatic heterocycles. The largest absolute Gasteiger partial charge is 0.377 e. The molecule has 0 spiro atoms. The smallest absolute Gasteiger partial charge is 0.156 e. The molecule has 1 N–H and O–H groups in total. The van der Waals surface area contributed by atoms with Gasteiger partial charge in [-0.05, 0) is 31.5 Å². The molecule has 2 heterocycles. The number of rotatable bonds is 6. The van der Waals surface area contributed by atoms with Gasteiger partial charge in [-0.1, -0.05) is 35.9 Å². The van der Waals surface area contributed by atoms with E-state index in [1.807, 2.05) is 31.2 Å². The lowest BCUT2D eigenvalue weighted by Gasteiger charge is -2.20. The number of pyridine rings is 1. The van der Waals surface area contributed by atoms with E-state index in [1.165, 1.54) is 5.56 Å². The van der Waals surface area contributed by atoms with Crippen molar-refractivity contribution in [2.45, 2.75) is 26.5 Å². The fraction of sp³-hybridized carbons (Fsp3) is 0.250. The zero-order valence-corrected chi connectivity index (χ0v) is 14.7. The standard InChI is InChI=1S/C20H22N4O/c1-14-7-6-8-16(11-14)20(17-9-4-5-10-21-17)24-18-12-15(2)22-19(23-18)13-25-3/h4-12,20H,13H2,1-3H3,(H,22,23,24). The number of aromatic nitrogens is 3. The highest BCUT2D eigenvalue weighted by atomic mass is 16.5. The lowest BCUT2D eigenvalue weighted by molar-refractivity contribution is 0.177. The van der Waals surface area contributed by atoms with E-state index in [9.17, 15) is 0 Å². The minimum atomic E-state index is -0.0919.